The number of alkyl carbamates (subject to hydrolysis) is 2. The number of nitriles is 1. The molecule has 0 radical (unpaired) electrons. The van der Waals surface area contributed by atoms with Gasteiger partial charge >= 0.3 is 12.2 Å². The van der Waals surface area contributed by atoms with Crippen LogP contribution in [0.2, 0.25) is 0 Å². The van der Waals surface area contributed by atoms with Crippen molar-refractivity contribution in [1.29, 1.82) is 5.26 Å². The van der Waals surface area contributed by atoms with Crippen LogP contribution >= 0.6 is 34.0 Å². The first-order valence-electron chi connectivity index (χ1n) is 17.7. The Hall–Kier alpha value is -4.72. The number of ether oxygens (including phenoxy) is 2. The van der Waals surface area contributed by atoms with Crippen molar-refractivity contribution >= 4 is 77.4 Å². The van der Waals surface area contributed by atoms with Gasteiger partial charge in [0, 0.05) is 54.2 Å². The van der Waals surface area contributed by atoms with Gasteiger partial charge in [-0.25, -0.2) is 19.6 Å². The Morgan fingerprint density at radius 3 is 1.96 bits per heavy atom. The summed E-state index contributed by atoms with van der Waals surface area (Å²) in [6, 6.07) is 6.12. The number of anilines is 1. The molecule has 5 aromatic heterocycles. The molecule has 0 saturated heterocycles. The van der Waals surface area contributed by atoms with Crippen molar-refractivity contribution < 1.29 is 23.9 Å². The van der Waals surface area contributed by atoms with E-state index in [1.807, 2.05) is 53.7 Å². The number of ketones is 1. The van der Waals surface area contributed by atoms with Crippen molar-refractivity contribution in [3.63, 3.8) is 0 Å². The van der Waals surface area contributed by atoms with Crippen molar-refractivity contribution in [2.24, 2.45) is 0 Å². The van der Waals surface area contributed by atoms with Crippen LogP contribution in [-0.2, 0) is 33.5 Å². The Morgan fingerprint density at radius 2 is 1.41 bits per heavy atom. The van der Waals surface area contributed by atoms with Crippen molar-refractivity contribution in [2.45, 2.75) is 116 Å². The number of nitrogens with two attached hydrogens (primary N) is 1. The minimum absolute atomic E-state index is 0.0674. The molecule has 0 aliphatic heterocycles. The van der Waals surface area contributed by atoms with E-state index in [9.17, 15) is 14.4 Å². The standard InChI is InChI=1S/C19H22N4O2S2.C11H19NO3.C8H5N3S/c1-19(2,3)25-18(24)22-10-4-5-11-14(8-10)26-16(20)15(11)17-23-12-9-21-7-6-13(12)27-17;1-11(2,3)15-10(14)12-8-4-6-9(13)7-5-8;9-3-1-8-11-6-5-10-4-2-7(6)12-8/h6-7,9-10H,4-5,8,20H2,1-3H3,(H,22,24);8H,4-7H2,1-3H3,(H,12,14);2,4-5H,1H2. The molecule has 1 atom stereocenters. The van der Waals surface area contributed by atoms with Crippen LogP contribution in [0.25, 0.3) is 31.0 Å². The molecule has 286 valence electrons. The third-order valence-electron chi connectivity index (χ3n) is 8.15. The number of nitrogen functional groups attached to an aromatic ring is 1. The maximum absolute atomic E-state index is 12.1. The number of carbonyl (C=O) groups excluding carboxylic acids is 3. The van der Waals surface area contributed by atoms with Gasteiger partial charge in [-0.2, -0.15) is 5.26 Å². The van der Waals surface area contributed by atoms with Gasteiger partial charge in [-0.3, -0.25) is 14.8 Å². The third-order valence-corrected chi connectivity index (χ3v) is 11.3. The monoisotopic (exact) mass is 790 g/mol. The lowest BCUT2D eigenvalue weighted by Crippen LogP contribution is -2.41. The van der Waals surface area contributed by atoms with Crippen molar-refractivity contribution in [1.82, 2.24) is 30.6 Å². The number of thiazole rings is 2. The molecule has 2 aliphatic carbocycles. The summed E-state index contributed by atoms with van der Waals surface area (Å²) in [5, 5.41) is 16.8. The van der Waals surface area contributed by atoms with Crippen molar-refractivity contribution in [2.75, 3.05) is 5.73 Å². The Kier molecular flexibility index (Phi) is 13.2. The summed E-state index contributed by atoms with van der Waals surface area (Å²) < 4.78 is 12.7. The van der Waals surface area contributed by atoms with Crippen LogP contribution in [0, 0.1) is 11.3 Å². The highest BCUT2D eigenvalue weighted by Crippen LogP contribution is 2.44. The molecule has 1 saturated carbocycles. The van der Waals surface area contributed by atoms with Gasteiger partial charge < -0.3 is 25.8 Å². The van der Waals surface area contributed by atoms with Crippen LogP contribution in [0.15, 0.2) is 36.9 Å². The van der Waals surface area contributed by atoms with E-state index < -0.39 is 11.2 Å². The highest BCUT2D eigenvalue weighted by Gasteiger charge is 2.29. The van der Waals surface area contributed by atoms with Gasteiger partial charge in [0.2, 0.25) is 0 Å². The average Bonchev–Trinajstić information content (AvgIpc) is 3.78. The summed E-state index contributed by atoms with van der Waals surface area (Å²) in [5.74, 6) is 0.289. The number of fused-ring (bicyclic) bond motifs is 3. The molecule has 54 heavy (non-hydrogen) atoms. The molecular weight excluding hydrogens is 745 g/mol. The molecule has 0 bridgehead atoms. The first kappa shape index (κ1) is 40.5. The number of carbonyl (C=O) groups is 3. The number of nitrogens with one attached hydrogen (secondary N) is 2. The zero-order chi connectivity index (χ0) is 39.0. The van der Waals surface area contributed by atoms with E-state index in [0.29, 0.717) is 19.3 Å². The topological polar surface area (TPSA) is 195 Å². The molecule has 1 fully saturated rings. The molecule has 5 heterocycles. The Labute approximate surface area is 326 Å². The number of amides is 2. The molecule has 2 aliphatic rings. The molecular formula is C38H46N8O5S3. The van der Waals surface area contributed by atoms with Crippen molar-refractivity contribution in [3.8, 4) is 16.6 Å². The Bertz CT molecular complexity index is 2060. The predicted molar refractivity (Wildman–Crippen MR) is 214 cm³/mol. The van der Waals surface area contributed by atoms with E-state index in [4.69, 9.17) is 25.5 Å². The highest BCUT2D eigenvalue weighted by molar-refractivity contribution is 7.22. The molecule has 5 aromatic rings. The van der Waals surface area contributed by atoms with Gasteiger partial charge in [-0.15, -0.1) is 34.0 Å². The summed E-state index contributed by atoms with van der Waals surface area (Å²) >= 11 is 4.80. The first-order chi connectivity index (χ1) is 25.6. The number of thiophene rings is 1. The summed E-state index contributed by atoms with van der Waals surface area (Å²) in [5.41, 5.74) is 9.52. The maximum atomic E-state index is 12.1. The SMILES string of the molecule is CC(C)(C)OC(=O)NC1CCC(=O)CC1.CC(C)(C)OC(=O)NC1CCc2c(sc(N)c2-c2nc3cnccc3s2)C1.N#CCc1nc2cnccc2s1. The average molecular weight is 791 g/mol. The molecule has 13 nitrogen and oxygen atoms in total. The van der Waals surface area contributed by atoms with E-state index in [1.165, 1.54) is 10.4 Å². The molecule has 0 aromatic carbocycles. The van der Waals surface area contributed by atoms with Crippen LogP contribution in [0.4, 0.5) is 14.6 Å². The fraction of sp³-hybridized carbons (Fsp3) is 0.474. The summed E-state index contributed by atoms with van der Waals surface area (Å²) in [4.78, 5) is 52.7. The third kappa shape index (κ3) is 11.6. The van der Waals surface area contributed by atoms with Gasteiger partial charge in [-0.1, -0.05) is 0 Å². The van der Waals surface area contributed by atoms with Gasteiger partial charge in [0.1, 0.15) is 32.5 Å². The van der Waals surface area contributed by atoms with E-state index in [1.54, 1.807) is 58.8 Å². The molecule has 0 spiro atoms. The van der Waals surface area contributed by atoms with Gasteiger partial charge in [0.15, 0.2) is 0 Å². The van der Waals surface area contributed by atoms with Crippen LogP contribution in [-0.4, -0.2) is 61.2 Å². The molecule has 1 unspecified atom stereocenters. The molecule has 7 rings (SSSR count). The second kappa shape index (κ2) is 17.6. The van der Waals surface area contributed by atoms with Crippen LogP contribution < -0.4 is 16.4 Å². The lowest BCUT2D eigenvalue weighted by atomic mass is 9.92. The number of hydrogen-bond donors (Lipinski definition) is 3. The normalized spacial score (nSPS) is 15.9. The van der Waals surface area contributed by atoms with Crippen LogP contribution in [0.1, 0.15) is 89.1 Å². The van der Waals surface area contributed by atoms with E-state index in [2.05, 4.69) is 31.7 Å². The van der Waals surface area contributed by atoms with Gasteiger partial charge in [0.05, 0.1) is 44.8 Å². The smallest absolute Gasteiger partial charge is 0.407 e. The zero-order valence-electron chi connectivity index (χ0n) is 31.4. The number of rotatable bonds is 4. The summed E-state index contributed by atoms with van der Waals surface area (Å²) in [6.07, 6.45) is 11.8. The van der Waals surface area contributed by atoms with Crippen LogP contribution in [0.3, 0.4) is 0 Å². The fourth-order valence-electron chi connectivity index (χ4n) is 5.86. The minimum atomic E-state index is -0.494. The number of Topliss-reactive ketones (excluding diaryl/α,β-unsaturated/α-hetero) is 1. The quantitative estimate of drug-likeness (QED) is 0.159. The summed E-state index contributed by atoms with van der Waals surface area (Å²) in [7, 11) is 0. The van der Waals surface area contributed by atoms with E-state index in [-0.39, 0.29) is 30.1 Å². The number of nitrogens with zero attached hydrogens (tertiary/aromatic N) is 5. The van der Waals surface area contributed by atoms with E-state index in [0.717, 1.165) is 73.1 Å². The lowest BCUT2D eigenvalue weighted by Gasteiger charge is -2.26. The number of hydrogen-bond acceptors (Lipinski definition) is 14. The second-order valence-electron chi connectivity index (χ2n) is 14.9. The maximum Gasteiger partial charge on any atom is 0.407 e. The number of aromatic nitrogens is 4. The summed E-state index contributed by atoms with van der Waals surface area (Å²) in [6.45, 7) is 11.1. The second-order valence-corrected chi connectivity index (χ2v) is 18.2. The van der Waals surface area contributed by atoms with E-state index >= 15 is 0 Å². The molecule has 16 heteroatoms. The fourth-order valence-corrected chi connectivity index (χ4v) is 9.00. The van der Waals surface area contributed by atoms with Gasteiger partial charge in [-0.05, 0) is 84.9 Å². The Morgan fingerprint density at radius 1 is 0.852 bits per heavy atom. The lowest BCUT2D eigenvalue weighted by molar-refractivity contribution is -0.120. The van der Waals surface area contributed by atoms with Gasteiger partial charge in [0.25, 0.3) is 0 Å². The zero-order valence-corrected chi connectivity index (χ0v) is 33.8. The number of pyridine rings is 2. The van der Waals surface area contributed by atoms with Crippen LogP contribution in [0.5, 0.6) is 0 Å². The minimum Gasteiger partial charge on any atom is -0.444 e. The largest absolute Gasteiger partial charge is 0.444 e. The predicted octanol–water partition coefficient (Wildman–Crippen LogP) is 8.16. The first-order valence-corrected chi connectivity index (χ1v) is 20.2. The highest BCUT2D eigenvalue weighted by atomic mass is 32.1. The molecule has 2 amide bonds. The Balaban J connectivity index is 0.000000175. The molecule has 4 N–H and O–H groups in total. The van der Waals surface area contributed by atoms with Crippen molar-refractivity contribution in [3.05, 3.63) is 52.4 Å².